The molecule has 0 aliphatic carbocycles. The maximum Gasteiger partial charge on any atom is 0.123 e. The van der Waals surface area contributed by atoms with E-state index < -0.39 is 0 Å². The van der Waals surface area contributed by atoms with Crippen molar-refractivity contribution in [2.45, 2.75) is 19.4 Å². The van der Waals surface area contributed by atoms with Gasteiger partial charge in [-0.3, -0.25) is 4.98 Å². The maximum atomic E-state index is 12.8. The number of rotatable bonds is 3. The zero-order valence-electron chi connectivity index (χ0n) is 9.73. The lowest BCUT2D eigenvalue weighted by Gasteiger charge is -2.11. The van der Waals surface area contributed by atoms with Gasteiger partial charge in [-0.2, -0.15) is 0 Å². The Kier molecular flexibility index (Phi) is 3.49. The smallest absolute Gasteiger partial charge is 0.123 e. The van der Waals surface area contributed by atoms with Crippen LogP contribution in [-0.2, 0) is 6.54 Å². The molecule has 0 aliphatic heterocycles. The summed E-state index contributed by atoms with van der Waals surface area (Å²) < 4.78 is 12.8. The quantitative estimate of drug-likeness (QED) is 0.880. The minimum Gasteiger partial charge on any atom is -0.326 e. The Labute approximate surface area is 100 Å². The molecule has 88 valence electrons. The second kappa shape index (κ2) is 5.06. The topological polar surface area (TPSA) is 38.9 Å². The number of benzene rings is 1. The first-order chi connectivity index (χ1) is 8.20. The predicted octanol–water partition coefficient (Wildman–Crippen LogP) is 2.83. The lowest BCUT2D eigenvalue weighted by molar-refractivity contribution is 0.626. The van der Waals surface area contributed by atoms with Crippen LogP contribution in [0.25, 0.3) is 0 Å². The molecule has 1 heterocycles. The normalized spacial score (nSPS) is 12.4. The number of nitrogens with zero attached hydrogens (tertiary/aromatic N) is 1. The van der Waals surface area contributed by atoms with Gasteiger partial charge in [0.05, 0.1) is 0 Å². The van der Waals surface area contributed by atoms with Gasteiger partial charge in [0.15, 0.2) is 0 Å². The van der Waals surface area contributed by atoms with Crippen LogP contribution in [0.3, 0.4) is 0 Å². The van der Waals surface area contributed by atoms with E-state index in [0.717, 1.165) is 16.8 Å². The van der Waals surface area contributed by atoms with E-state index in [9.17, 15) is 4.39 Å². The van der Waals surface area contributed by atoms with E-state index in [1.54, 1.807) is 18.3 Å². The molecule has 0 radical (unpaired) electrons. The van der Waals surface area contributed by atoms with Gasteiger partial charge >= 0.3 is 0 Å². The zero-order valence-corrected chi connectivity index (χ0v) is 9.73. The Balaban J connectivity index is 2.23. The highest BCUT2D eigenvalue weighted by Gasteiger charge is 2.09. The highest BCUT2D eigenvalue weighted by atomic mass is 19.1. The first-order valence-electron chi connectivity index (χ1n) is 5.61. The predicted molar refractivity (Wildman–Crippen MR) is 66.0 cm³/mol. The first kappa shape index (κ1) is 11.7. The van der Waals surface area contributed by atoms with Crippen molar-refractivity contribution in [1.82, 2.24) is 4.98 Å². The molecule has 0 spiro atoms. The molecule has 0 aliphatic rings. The van der Waals surface area contributed by atoms with Crippen LogP contribution in [0.15, 0.2) is 42.6 Å². The molecule has 0 bridgehead atoms. The monoisotopic (exact) mass is 230 g/mol. The van der Waals surface area contributed by atoms with E-state index in [0.29, 0.717) is 6.54 Å². The number of nitrogens with two attached hydrogens (primary N) is 1. The third kappa shape index (κ3) is 2.68. The van der Waals surface area contributed by atoms with E-state index in [-0.39, 0.29) is 11.7 Å². The number of pyridine rings is 1. The maximum absolute atomic E-state index is 12.8. The fourth-order valence-corrected chi connectivity index (χ4v) is 1.74. The molecule has 17 heavy (non-hydrogen) atoms. The lowest BCUT2D eigenvalue weighted by atomic mass is 9.97. The summed E-state index contributed by atoms with van der Waals surface area (Å²) in [4.78, 5) is 4.37. The second-order valence-electron chi connectivity index (χ2n) is 4.07. The second-order valence-corrected chi connectivity index (χ2v) is 4.07. The van der Waals surface area contributed by atoms with Crippen LogP contribution in [0, 0.1) is 5.82 Å². The van der Waals surface area contributed by atoms with Gasteiger partial charge in [0.2, 0.25) is 0 Å². The van der Waals surface area contributed by atoms with Crippen molar-refractivity contribution < 1.29 is 4.39 Å². The highest BCUT2D eigenvalue weighted by molar-refractivity contribution is 5.28. The van der Waals surface area contributed by atoms with E-state index in [2.05, 4.69) is 11.9 Å². The van der Waals surface area contributed by atoms with Gasteiger partial charge in [-0.15, -0.1) is 0 Å². The van der Waals surface area contributed by atoms with Crippen molar-refractivity contribution in [2.24, 2.45) is 5.73 Å². The molecule has 1 atom stereocenters. The van der Waals surface area contributed by atoms with Crippen molar-refractivity contribution >= 4 is 0 Å². The van der Waals surface area contributed by atoms with Gasteiger partial charge < -0.3 is 5.73 Å². The van der Waals surface area contributed by atoms with Crippen molar-refractivity contribution in [2.75, 3.05) is 0 Å². The van der Waals surface area contributed by atoms with Crippen molar-refractivity contribution in [3.8, 4) is 0 Å². The summed E-state index contributed by atoms with van der Waals surface area (Å²) in [6.07, 6.45) is 1.79. The molecular weight excluding hydrogens is 215 g/mol. The minimum absolute atomic E-state index is 0.155. The Hall–Kier alpha value is -1.74. The zero-order chi connectivity index (χ0) is 12.3. The van der Waals surface area contributed by atoms with Gasteiger partial charge in [-0.1, -0.05) is 25.1 Å². The molecule has 1 aromatic heterocycles. The van der Waals surface area contributed by atoms with Crippen molar-refractivity contribution in [3.63, 3.8) is 0 Å². The number of aromatic nitrogens is 1. The van der Waals surface area contributed by atoms with Crippen LogP contribution in [0.5, 0.6) is 0 Å². The van der Waals surface area contributed by atoms with E-state index in [1.165, 1.54) is 12.1 Å². The van der Waals surface area contributed by atoms with Gasteiger partial charge in [0.25, 0.3) is 0 Å². The molecule has 1 aromatic carbocycles. The molecule has 0 saturated carbocycles. The molecule has 2 N–H and O–H groups in total. The third-order valence-corrected chi connectivity index (χ3v) is 2.90. The Morgan fingerprint density at radius 1 is 1.18 bits per heavy atom. The van der Waals surface area contributed by atoms with Gasteiger partial charge in [-0.05, 0) is 29.3 Å². The van der Waals surface area contributed by atoms with Crippen LogP contribution in [0.4, 0.5) is 4.39 Å². The van der Waals surface area contributed by atoms with E-state index in [1.807, 2.05) is 12.1 Å². The van der Waals surface area contributed by atoms with Gasteiger partial charge in [-0.25, -0.2) is 4.39 Å². The molecular formula is C14H15FN2. The minimum atomic E-state index is -0.215. The molecule has 0 saturated heterocycles. The summed E-state index contributed by atoms with van der Waals surface area (Å²) in [7, 11) is 0. The summed E-state index contributed by atoms with van der Waals surface area (Å²) in [5.41, 5.74) is 8.56. The average Bonchev–Trinajstić information content (AvgIpc) is 2.39. The molecule has 0 fully saturated rings. The highest BCUT2D eigenvalue weighted by Crippen LogP contribution is 2.22. The van der Waals surface area contributed by atoms with Gasteiger partial charge in [0.1, 0.15) is 5.82 Å². The van der Waals surface area contributed by atoms with E-state index in [4.69, 9.17) is 5.73 Å². The summed E-state index contributed by atoms with van der Waals surface area (Å²) in [5, 5.41) is 0. The Morgan fingerprint density at radius 2 is 1.88 bits per heavy atom. The van der Waals surface area contributed by atoms with Crippen molar-refractivity contribution in [1.29, 1.82) is 0 Å². The van der Waals surface area contributed by atoms with Gasteiger partial charge in [0, 0.05) is 24.4 Å². The number of hydrogen-bond donors (Lipinski definition) is 1. The van der Waals surface area contributed by atoms with Crippen LogP contribution < -0.4 is 5.73 Å². The van der Waals surface area contributed by atoms with Crippen LogP contribution in [0.1, 0.15) is 29.7 Å². The molecule has 1 unspecified atom stereocenters. The number of hydrogen-bond acceptors (Lipinski definition) is 2. The Morgan fingerprint density at radius 3 is 2.41 bits per heavy atom. The third-order valence-electron chi connectivity index (χ3n) is 2.90. The summed E-state index contributed by atoms with van der Waals surface area (Å²) >= 11 is 0. The molecule has 0 amide bonds. The Bertz CT molecular complexity index is 477. The fraction of sp³-hybridized carbons (Fsp3) is 0.214. The van der Waals surface area contributed by atoms with Crippen LogP contribution >= 0.6 is 0 Å². The average molecular weight is 230 g/mol. The fourth-order valence-electron chi connectivity index (χ4n) is 1.74. The SMILES string of the molecule is CC(c1ccc(F)cc1)c1ccc(CN)cn1. The molecule has 2 nitrogen and oxygen atoms in total. The first-order valence-corrected chi connectivity index (χ1v) is 5.61. The van der Waals surface area contributed by atoms with E-state index >= 15 is 0 Å². The molecule has 3 heteroatoms. The van der Waals surface area contributed by atoms with Crippen LogP contribution in [0.2, 0.25) is 0 Å². The largest absolute Gasteiger partial charge is 0.326 e. The summed E-state index contributed by atoms with van der Waals surface area (Å²) in [6.45, 7) is 2.55. The molecule has 2 aromatic rings. The standard InChI is InChI=1S/C14H15FN2/c1-10(12-3-5-13(15)6-4-12)14-7-2-11(8-16)9-17-14/h2-7,9-10H,8,16H2,1H3. The van der Waals surface area contributed by atoms with Crippen molar-refractivity contribution in [3.05, 3.63) is 65.2 Å². The van der Waals surface area contributed by atoms with Crippen LogP contribution in [-0.4, -0.2) is 4.98 Å². The summed E-state index contributed by atoms with van der Waals surface area (Å²) in [6, 6.07) is 10.5. The number of halogens is 1. The summed E-state index contributed by atoms with van der Waals surface area (Å²) in [5.74, 6) is -0.0604. The molecule has 2 rings (SSSR count). The lowest BCUT2D eigenvalue weighted by Crippen LogP contribution is -2.02.